The summed E-state index contributed by atoms with van der Waals surface area (Å²) in [7, 11) is -4.65. The summed E-state index contributed by atoms with van der Waals surface area (Å²) < 4.78 is 41.4. The van der Waals surface area contributed by atoms with Gasteiger partial charge in [-0.05, 0) is 84.3 Å². The van der Waals surface area contributed by atoms with Crippen molar-refractivity contribution in [3.8, 4) is 11.5 Å². The molecule has 8 rings (SSSR count). The fraction of sp³-hybridized carbons (Fsp3) is 0.356. The Hall–Kier alpha value is -6.21. The first-order valence-corrected chi connectivity index (χ1v) is 22.8. The Morgan fingerprint density at radius 3 is 2.58 bits per heavy atom. The molecule has 3 aliphatic rings. The van der Waals surface area contributed by atoms with E-state index < -0.39 is 43.6 Å². The number of aromatic amines is 1. The molecule has 3 aromatic carbocycles. The number of fused-ring (bicyclic) bond motifs is 1. The molecule has 4 heterocycles. The fourth-order valence-corrected chi connectivity index (χ4v) is 9.55. The molecule has 17 nitrogen and oxygen atoms in total. The van der Waals surface area contributed by atoms with E-state index in [4.69, 9.17) is 21.1 Å². The van der Waals surface area contributed by atoms with Crippen LogP contribution in [0.1, 0.15) is 49.0 Å². The monoisotopic (exact) mass is 912 g/mol. The number of nitro groups is 1. The van der Waals surface area contributed by atoms with Crippen molar-refractivity contribution < 1.29 is 37.5 Å². The van der Waals surface area contributed by atoms with Crippen LogP contribution in [0.25, 0.3) is 16.6 Å². The van der Waals surface area contributed by atoms with Crippen molar-refractivity contribution in [2.45, 2.75) is 44.1 Å². The number of nitrogens with one attached hydrogen (secondary N) is 3. The number of allylic oxidation sites excluding steroid dienone is 1. The first-order valence-electron chi connectivity index (χ1n) is 21.0. The highest BCUT2D eigenvalue weighted by atomic mass is 35.5. The molecule has 2 aromatic heterocycles. The minimum Gasteiger partial charge on any atom is -0.465 e. The van der Waals surface area contributed by atoms with Gasteiger partial charge in [0.2, 0.25) is 0 Å². The van der Waals surface area contributed by atoms with E-state index in [0.29, 0.717) is 29.5 Å². The molecule has 4 N–H and O–H groups in total. The third kappa shape index (κ3) is 10.3. The largest absolute Gasteiger partial charge is 0.465 e. The Morgan fingerprint density at radius 1 is 1.05 bits per heavy atom. The van der Waals surface area contributed by atoms with Crippen LogP contribution < -0.4 is 19.7 Å². The number of carbonyl (C=O) groups is 2. The molecule has 1 atom stereocenters. The molecule has 5 aromatic rings. The number of piperazine rings is 1. The minimum absolute atomic E-state index is 0.00996. The molecule has 2 saturated heterocycles. The summed E-state index contributed by atoms with van der Waals surface area (Å²) in [4.78, 5) is 49.5. The van der Waals surface area contributed by atoms with Gasteiger partial charge in [0.15, 0.2) is 0 Å². The first-order chi connectivity index (χ1) is 30.6. The van der Waals surface area contributed by atoms with Crippen LogP contribution in [0.4, 0.5) is 21.9 Å². The number of rotatable bonds is 13. The van der Waals surface area contributed by atoms with Crippen LogP contribution >= 0.6 is 11.6 Å². The summed E-state index contributed by atoms with van der Waals surface area (Å²) in [5, 5.41) is 25.8. The highest BCUT2D eigenvalue weighted by Crippen LogP contribution is 2.43. The third-order valence-electron chi connectivity index (χ3n) is 12.0. The number of ether oxygens (including phenoxy) is 2. The van der Waals surface area contributed by atoms with E-state index in [1.54, 1.807) is 24.4 Å². The lowest BCUT2D eigenvalue weighted by Gasteiger charge is -2.39. The van der Waals surface area contributed by atoms with Crippen LogP contribution in [0.2, 0.25) is 5.02 Å². The molecule has 0 spiro atoms. The fourth-order valence-electron chi connectivity index (χ4n) is 8.44. The lowest BCUT2D eigenvalue weighted by molar-refractivity contribution is -0.384. The van der Waals surface area contributed by atoms with Gasteiger partial charge in [0.05, 0.1) is 40.8 Å². The Bertz CT molecular complexity index is 2720. The second kappa shape index (κ2) is 18.5. The van der Waals surface area contributed by atoms with Crippen molar-refractivity contribution in [2.75, 3.05) is 69.2 Å². The average Bonchev–Trinajstić information content (AvgIpc) is 3.75. The Kier molecular flexibility index (Phi) is 12.8. The van der Waals surface area contributed by atoms with Crippen molar-refractivity contribution in [2.24, 2.45) is 5.41 Å². The maximum Gasteiger partial charge on any atom is 0.407 e. The number of amides is 2. The van der Waals surface area contributed by atoms with Gasteiger partial charge in [-0.2, -0.15) is 0 Å². The number of aromatic nitrogens is 2. The molecule has 0 saturated carbocycles. The van der Waals surface area contributed by atoms with Crippen molar-refractivity contribution >= 4 is 67.3 Å². The molecule has 2 aliphatic heterocycles. The number of carbonyl (C=O) groups excluding carboxylic acids is 1. The number of anilines is 2. The molecule has 19 heteroatoms. The molecule has 2 amide bonds. The molecule has 64 heavy (non-hydrogen) atoms. The Morgan fingerprint density at radius 2 is 1.83 bits per heavy atom. The highest BCUT2D eigenvalue weighted by molar-refractivity contribution is 7.90. The normalized spacial score (nSPS) is 18.2. The highest BCUT2D eigenvalue weighted by Gasteiger charge is 2.31. The first kappa shape index (κ1) is 44.4. The van der Waals surface area contributed by atoms with E-state index in [0.717, 1.165) is 62.1 Å². The van der Waals surface area contributed by atoms with E-state index in [-0.39, 0.29) is 48.7 Å². The predicted molar refractivity (Wildman–Crippen MR) is 243 cm³/mol. The molecular formula is C45H49ClN8O9S. The summed E-state index contributed by atoms with van der Waals surface area (Å²) in [5.74, 6) is -0.604. The van der Waals surface area contributed by atoms with E-state index in [1.807, 2.05) is 18.2 Å². The van der Waals surface area contributed by atoms with Gasteiger partial charge in [0.1, 0.15) is 22.8 Å². The minimum atomic E-state index is -4.65. The van der Waals surface area contributed by atoms with Gasteiger partial charge in [-0.3, -0.25) is 19.8 Å². The predicted octanol–water partition coefficient (Wildman–Crippen LogP) is 7.61. The molecule has 1 aliphatic carbocycles. The van der Waals surface area contributed by atoms with E-state index >= 15 is 0 Å². The molecule has 0 radical (unpaired) electrons. The van der Waals surface area contributed by atoms with Gasteiger partial charge < -0.3 is 34.7 Å². The van der Waals surface area contributed by atoms with E-state index in [1.165, 1.54) is 39.9 Å². The maximum atomic E-state index is 13.9. The SMILES string of the molecule is CC1(C)CCC(CN2CCN(c3ccc(C(=O)NS(=O)(=O)c4ccc(NCC5CN(C(=O)O)CCO5)c([N+](=O)[O-])c4)c(Oc4cnc5[nH]ccc5c4)c3)CC2)=C(c2ccc(Cl)cc2)C1. The number of pyridine rings is 1. The van der Waals surface area contributed by atoms with Crippen molar-refractivity contribution in [3.05, 3.63) is 117 Å². The van der Waals surface area contributed by atoms with Gasteiger partial charge in [-0.1, -0.05) is 43.2 Å². The van der Waals surface area contributed by atoms with Crippen molar-refractivity contribution in [3.63, 3.8) is 0 Å². The summed E-state index contributed by atoms with van der Waals surface area (Å²) in [6.07, 6.45) is 4.69. The molecule has 2 fully saturated rings. The zero-order valence-corrected chi connectivity index (χ0v) is 37.0. The van der Waals surface area contributed by atoms with Crippen LogP contribution in [0, 0.1) is 15.5 Å². The number of benzene rings is 3. The summed E-state index contributed by atoms with van der Waals surface area (Å²) in [5.41, 5.74) is 5.02. The van der Waals surface area contributed by atoms with Crippen molar-refractivity contribution in [1.29, 1.82) is 0 Å². The number of nitrogens with zero attached hydrogens (tertiary/aromatic N) is 5. The van der Waals surface area contributed by atoms with Gasteiger partial charge >= 0.3 is 6.09 Å². The van der Waals surface area contributed by atoms with Gasteiger partial charge in [-0.25, -0.2) is 22.9 Å². The number of sulfonamides is 1. The standard InChI is InChI=1S/C45H49ClN8O9S/c1-45(2)13-11-31(38(24-45)29-3-5-32(46)6-4-29)27-51-15-17-52(18-16-51)33-7-9-37(41(22-33)63-34-21-30-12-14-47-42(30)49-25-34)43(55)50-64(60,61)36-8-10-39(40(23-36)54(58)59)48-26-35-28-53(44(56)57)19-20-62-35/h3-10,12,14,21-23,25,35,48H,11,13,15-20,24,26-28H2,1-2H3,(H,47,49)(H,50,55)(H,56,57). The summed E-state index contributed by atoms with van der Waals surface area (Å²) in [6.45, 7) is 8.93. The van der Waals surface area contributed by atoms with Gasteiger partial charge in [0, 0.05) is 80.2 Å². The Labute approximate surface area is 375 Å². The molecule has 336 valence electrons. The Balaban J connectivity index is 0.993. The number of H-pyrrole nitrogens is 1. The van der Waals surface area contributed by atoms with Gasteiger partial charge in [0.25, 0.3) is 21.6 Å². The third-order valence-corrected chi connectivity index (χ3v) is 13.6. The summed E-state index contributed by atoms with van der Waals surface area (Å²) >= 11 is 6.24. The lowest BCUT2D eigenvalue weighted by Crippen LogP contribution is -2.47. The zero-order valence-electron chi connectivity index (χ0n) is 35.4. The average molecular weight is 913 g/mol. The van der Waals surface area contributed by atoms with Crippen LogP contribution in [-0.2, 0) is 14.8 Å². The number of hydrogen-bond acceptors (Lipinski definition) is 12. The van der Waals surface area contributed by atoms with Gasteiger partial charge in [-0.15, -0.1) is 0 Å². The van der Waals surface area contributed by atoms with E-state index in [9.17, 15) is 33.2 Å². The second-order valence-electron chi connectivity index (χ2n) is 17.0. The van der Waals surface area contributed by atoms with Crippen LogP contribution in [0.3, 0.4) is 0 Å². The van der Waals surface area contributed by atoms with Crippen LogP contribution in [-0.4, -0.2) is 115 Å². The zero-order chi connectivity index (χ0) is 45.2. The topological polar surface area (TPSA) is 213 Å². The summed E-state index contributed by atoms with van der Waals surface area (Å²) in [6, 6.07) is 19.9. The van der Waals surface area contributed by atoms with Crippen LogP contribution in [0.15, 0.2) is 95.7 Å². The smallest absolute Gasteiger partial charge is 0.407 e. The number of nitro benzene ring substituents is 1. The second-order valence-corrected chi connectivity index (χ2v) is 19.2. The number of morpholine rings is 1. The van der Waals surface area contributed by atoms with Crippen molar-refractivity contribution in [1.82, 2.24) is 24.5 Å². The number of carboxylic acid groups (broad SMARTS) is 1. The number of halogens is 1. The molecule has 0 bridgehead atoms. The number of hydrogen-bond donors (Lipinski definition) is 4. The molecular weight excluding hydrogens is 864 g/mol. The van der Waals surface area contributed by atoms with Crippen LogP contribution in [0.5, 0.6) is 11.5 Å². The lowest BCUT2D eigenvalue weighted by atomic mass is 9.72. The quantitative estimate of drug-likeness (QED) is 0.0662. The maximum absolute atomic E-state index is 13.9. The molecule has 1 unspecified atom stereocenters. The van der Waals surface area contributed by atoms with E-state index in [2.05, 4.69) is 55.8 Å².